The highest BCUT2D eigenvalue weighted by molar-refractivity contribution is 6.32. The van der Waals surface area contributed by atoms with E-state index in [-0.39, 0.29) is 5.91 Å². The Morgan fingerprint density at radius 2 is 1.89 bits per heavy atom. The van der Waals surface area contributed by atoms with Gasteiger partial charge in [-0.3, -0.25) is 4.79 Å². The van der Waals surface area contributed by atoms with Crippen molar-refractivity contribution < 1.29 is 14.3 Å². The highest BCUT2D eigenvalue weighted by Gasteiger charge is 2.10. The number of amides is 1. The van der Waals surface area contributed by atoms with E-state index in [4.69, 9.17) is 21.1 Å². The van der Waals surface area contributed by atoms with Crippen LogP contribution < -0.4 is 14.9 Å². The van der Waals surface area contributed by atoms with Crippen LogP contribution in [-0.4, -0.2) is 31.3 Å². The fourth-order valence-corrected chi connectivity index (χ4v) is 2.78. The van der Waals surface area contributed by atoms with Gasteiger partial charge in [0.05, 0.1) is 26.0 Å². The maximum atomic E-state index is 12.3. The van der Waals surface area contributed by atoms with Gasteiger partial charge >= 0.3 is 0 Å². The Morgan fingerprint density at radius 1 is 1.11 bits per heavy atom. The number of rotatable bonds is 5. The molecule has 0 unspecified atom stereocenters. The molecule has 1 heterocycles. The molecule has 2 aromatic carbocycles. The van der Waals surface area contributed by atoms with Crippen LogP contribution in [0.15, 0.2) is 47.6 Å². The molecule has 138 valence electrons. The lowest BCUT2D eigenvalue weighted by Crippen LogP contribution is -2.17. The zero-order chi connectivity index (χ0) is 19.4. The number of carbonyl (C=O) groups is 1. The maximum Gasteiger partial charge on any atom is 0.271 e. The Balaban J connectivity index is 1.78. The summed E-state index contributed by atoms with van der Waals surface area (Å²) in [7, 11) is 3.04. The van der Waals surface area contributed by atoms with E-state index in [9.17, 15) is 4.79 Å². The van der Waals surface area contributed by atoms with E-state index in [1.54, 1.807) is 18.2 Å². The Kier molecular flexibility index (Phi) is 5.57. The molecule has 0 atom stereocenters. The number of methoxy groups -OCH3 is 2. The van der Waals surface area contributed by atoms with Crippen LogP contribution in [0.1, 0.15) is 21.5 Å². The van der Waals surface area contributed by atoms with E-state index in [0.29, 0.717) is 27.8 Å². The largest absolute Gasteiger partial charge is 0.493 e. The number of aryl methyl sites for hydroxylation is 1. The summed E-state index contributed by atoms with van der Waals surface area (Å²) in [4.78, 5) is 16.6. The van der Waals surface area contributed by atoms with Gasteiger partial charge in [0, 0.05) is 16.5 Å². The molecule has 0 saturated heterocycles. The standard InChI is InChI=1S/C20H18ClN3O3/c1-12-4-6-16-14(8-12)9-15(19(21)23-16)11-22-24-20(25)13-5-7-17(26-2)18(10-13)27-3/h4-11H,1-3H3,(H,24,25)/b22-11-. The van der Waals surface area contributed by atoms with Crippen molar-refractivity contribution in [2.45, 2.75) is 6.92 Å². The number of carbonyl (C=O) groups excluding carboxylic acids is 1. The van der Waals surface area contributed by atoms with Gasteiger partial charge in [-0.1, -0.05) is 23.2 Å². The average molecular weight is 384 g/mol. The van der Waals surface area contributed by atoms with E-state index in [1.807, 2.05) is 31.2 Å². The monoisotopic (exact) mass is 383 g/mol. The first-order valence-electron chi connectivity index (χ1n) is 8.14. The van der Waals surface area contributed by atoms with E-state index >= 15 is 0 Å². The van der Waals surface area contributed by atoms with Crippen molar-refractivity contribution in [2.24, 2.45) is 5.10 Å². The van der Waals surface area contributed by atoms with Crippen LogP contribution in [0.5, 0.6) is 11.5 Å². The average Bonchev–Trinajstić information content (AvgIpc) is 2.68. The van der Waals surface area contributed by atoms with Crippen LogP contribution in [0.2, 0.25) is 5.15 Å². The predicted molar refractivity (Wildman–Crippen MR) is 106 cm³/mol. The molecule has 0 aliphatic rings. The molecule has 0 bridgehead atoms. The van der Waals surface area contributed by atoms with Crippen molar-refractivity contribution in [1.29, 1.82) is 0 Å². The number of ether oxygens (including phenoxy) is 2. The third kappa shape index (κ3) is 4.17. The lowest BCUT2D eigenvalue weighted by Gasteiger charge is -2.08. The van der Waals surface area contributed by atoms with Crippen molar-refractivity contribution in [3.05, 3.63) is 64.3 Å². The van der Waals surface area contributed by atoms with Crippen LogP contribution in [-0.2, 0) is 0 Å². The lowest BCUT2D eigenvalue weighted by atomic mass is 10.1. The van der Waals surface area contributed by atoms with Crippen molar-refractivity contribution in [2.75, 3.05) is 14.2 Å². The van der Waals surface area contributed by atoms with Gasteiger partial charge in [-0.2, -0.15) is 5.10 Å². The van der Waals surface area contributed by atoms with Gasteiger partial charge in [-0.15, -0.1) is 0 Å². The second-order valence-corrected chi connectivity index (χ2v) is 6.19. The Morgan fingerprint density at radius 3 is 2.63 bits per heavy atom. The molecule has 1 aromatic heterocycles. The second-order valence-electron chi connectivity index (χ2n) is 5.83. The first-order chi connectivity index (χ1) is 13.0. The number of nitrogens with zero attached hydrogens (tertiary/aromatic N) is 2. The van der Waals surface area contributed by atoms with Crippen LogP contribution in [0.25, 0.3) is 10.9 Å². The SMILES string of the molecule is COc1ccc(C(=O)N/N=C\c2cc3cc(C)ccc3nc2Cl)cc1OC. The summed E-state index contributed by atoms with van der Waals surface area (Å²) in [5, 5.41) is 5.25. The summed E-state index contributed by atoms with van der Waals surface area (Å²) >= 11 is 6.20. The normalized spacial score (nSPS) is 11.0. The van der Waals surface area contributed by atoms with Gasteiger partial charge in [-0.05, 0) is 43.3 Å². The number of benzene rings is 2. The number of fused-ring (bicyclic) bond motifs is 1. The molecule has 1 N–H and O–H groups in total. The Labute approximate surface area is 161 Å². The first-order valence-corrected chi connectivity index (χ1v) is 8.52. The van der Waals surface area contributed by atoms with Crippen LogP contribution in [0.4, 0.5) is 0 Å². The zero-order valence-electron chi connectivity index (χ0n) is 15.1. The topological polar surface area (TPSA) is 72.8 Å². The predicted octanol–water partition coefficient (Wildman–Crippen LogP) is 3.98. The number of nitrogens with one attached hydrogen (secondary N) is 1. The lowest BCUT2D eigenvalue weighted by molar-refractivity contribution is 0.0954. The molecule has 0 aliphatic heterocycles. The molecule has 1 amide bonds. The molecule has 0 fully saturated rings. The minimum atomic E-state index is -0.382. The fourth-order valence-electron chi connectivity index (χ4n) is 2.58. The molecule has 0 radical (unpaired) electrons. The van der Waals surface area contributed by atoms with Crippen molar-refractivity contribution in [1.82, 2.24) is 10.4 Å². The molecule has 3 aromatic rings. The van der Waals surface area contributed by atoms with E-state index in [2.05, 4.69) is 15.5 Å². The number of hydrogen-bond acceptors (Lipinski definition) is 5. The molecular weight excluding hydrogens is 366 g/mol. The van der Waals surface area contributed by atoms with Crippen LogP contribution in [0.3, 0.4) is 0 Å². The summed E-state index contributed by atoms with van der Waals surface area (Å²) in [5.41, 5.74) is 5.40. The Bertz CT molecular complexity index is 1030. The summed E-state index contributed by atoms with van der Waals surface area (Å²) in [6.45, 7) is 2.01. The molecule has 0 aliphatic carbocycles. The molecular formula is C20H18ClN3O3. The minimum absolute atomic E-state index is 0.315. The zero-order valence-corrected chi connectivity index (χ0v) is 15.9. The van der Waals surface area contributed by atoms with E-state index < -0.39 is 0 Å². The molecule has 6 nitrogen and oxygen atoms in total. The molecule has 3 rings (SSSR count). The van der Waals surface area contributed by atoms with Gasteiger partial charge in [0.15, 0.2) is 11.5 Å². The highest BCUT2D eigenvalue weighted by atomic mass is 35.5. The summed E-state index contributed by atoms with van der Waals surface area (Å²) < 4.78 is 10.4. The van der Waals surface area contributed by atoms with Crippen LogP contribution in [0, 0.1) is 6.92 Å². The minimum Gasteiger partial charge on any atom is -0.493 e. The number of hydrogen-bond donors (Lipinski definition) is 1. The smallest absolute Gasteiger partial charge is 0.271 e. The Hall–Kier alpha value is -3.12. The van der Waals surface area contributed by atoms with Crippen molar-refractivity contribution in [3.8, 4) is 11.5 Å². The van der Waals surface area contributed by atoms with Gasteiger partial charge in [-0.25, -0.2) is 10.4 Å². The molecule has 0 saturated carbocycles. The highest BCUT2D eigenvalue weighted by Crippen LogP contribution is 2.27. The van der Waals surface area contributed by atoms with Crippen LogP contribution >= 0.6 is 11.6 Å². The number of hydrazone groups is 1. The maximum absolute atomic E-state index is 12.3. The number of halogens is 1. The van der Waals surface area contributed by atoms with E-state index in [0.717, 1.165) is 16.5 Å². The number of aromatic nitrogens is 1. The fraction of sp³-hybridized carbons (Fsp3) is 0.150. The van der Waals surface area contributed by atoms with Gasteiger partial charge in [0.25, 0.3) is 5.91 Å². The summed E-state index contributed by atoms with van der Waals surface area (Å²) in [6.07, 6.45) is 1.47. The third-order valence-corrected chi connectivity index (χ3v) is 4.27. The van der Waals surface area contributed by atoms with Crippen molar-refractivity contribution in [3.63, 3.8) is 0 Å². The second kappa shape index (κ2) is 8.05. The van der Waals surface area contributed by atoms with Crippen molar-refractivity contribution >= 4 is 34.6 Å². The number of pyridine rings is 1. The van der Waals surface area contributed by atoms with Gasteiger partial charge in [0.2, 0.25) is 0 Å². The quantitative estimate of drug-likeness (QED) is 0.411. The van der Waals surface area contributed by atoms with Gasteiger partial charge < -0.3 is 9.47 Å². The molecule has 27 heavy (non-hydrogen) atoms. The molecule has 0 spiro atoms. The molecule has 7 heteroatoms. The van der Waals surface area contributed by atoms with Gasteiger partial charge in [0.1, 0.15) is 5.15 Å². The summed E-state index contributed by atoms with van der Waals surface area (Å²) in [5.74, 6) is 0.626. The van der Waals surface area contributed by atoms with E-state index in [1.165, 1.54) is 20.4 Å². The summed E-state index contributed by atoms with van der Waals surface area (Å²) in [6, 6.07) is 12.6. The first kappa shape index (κ1) is 18.7. The third-order valence-electron chi connectivity index (χ3n) is 3.97.